The third-order valence-electron chi connectivity index (χ3n) is 4.77. The summed E-state index contributed by atoms with van der Waals surface area (Å²) in [6.07, 6.45) is 1.74. The monoisotopic (exact) mass is 404 g/mol. The number of nitrogens with one attached hydrogen (secondary N) is 2. The zero-order valence-electron chi connectivity index (χ0n) is 14.8. The molecule has 0 aliphatic carbocycles. The standard InChI is InChI=1S/C19H20N4O2S.ClH/c1-23(11-16-21-14-9-10-26-17(14)18(24)22-16)19(25)15-8-7-13(20-15)12-5-3-2-4-6-12;/h2-6,9-10,13,15,20H,7-8,11H2,1H3,(H,21,22,24);1H/t13-,15-;/m1./s1. The van der Waals surface area contributed by atoms with E-state index in [0.717, 1.165) is 12.8 Å². The average molecular weight is 405 g/mol. The number of halogens is 1. The van der Waals surface area contributed by atoms with E-state index in [1.54, 1.807) is 11.9 Å². The fourth-order valence-electron chi connectivity index (χ4n) is 3.45. The highest BCUT2D eigenvalue weighted by Crippen LogP contribution is 2.27. The van der Waals surface area contributed by atoms with Gasteiger partial charge in [0.05, 0.1) is 18.1 Å². The van der Waals surface area contributed by atoms with E-state index in [4.69, 9.17) is 0 Å². The maximum atomic E-state index is 12.8. The van der Waals surface area contributed by atoms with E-state index in [1.165, 1.54) is 16.9 Å². The molecule has 3 aromatic rings. The Balaban J connectivity index is 0.00000210. The molecule has 1 saturated heterocycles. The molecule has 1 aromatic carbocycles. The number of carbonyl (C=O) groups is 1. The van der Waals surface area contributed by atoms with E-state index in [9.17, 15) is 9.59 Å². The molecule has 8 heteroatoms. The van der Waals surface area contributed by atoms with Crippen LogP contribution in [0.1, 0.15) is 30.3 Å². The van der Waals surface area contributed by atoms with Crippen LogP contribution in [0.5, 0.6) is 0 Å². The van der Waals surface area contributed by atoms with E-state index in [0.29, 0.717) is 16.0 Å². The minimum Gasteiger partial charge on any atom is -0.337 e. The first kappa shape index (κ1) is 19.5. The van der Waals surface area contributed by atoms with Crippen molar-refractivity contribution in [2.45, 2.75) is 31.5 Å². The van der Waals surface area contributed by atoms with Gasteiger partial charge in [-0.05, 0) is 29.9 Å². The quantitative estimate of drug-likeness (QED) is 0.700. The van der Waals surface area contributed by atoms with Gasteiger partial charge in [0.25, 0.3) is 5.56 Å². The lowest BCUT2D eigenvalue weighted by Gasteiger charge is -2.21. The fourth-order valence-corrected chi connectivity index (χ4v) is 4.18. The number of H-pyrrole nitrogens is 1. The molecule has 0 unspecified atom stereocenters. The van der Waals surface area contributed by atoms with Gasteiger partial charge in [0.15, 0.2) is 0 Å². The number of amides is 1. The Morgan fingerprint density at radius 1 is 1.26 bits per heavy atom. The molecule has 27 heavy (non-hydrogen) atoms. The summed E-state index contributed by atoms with van der Waals surface area (Å²) in [4.78, 5) is 33.7. The van der Waals surface area contributed by atoms with Crippen molar-refractivity contribution in [2.75, 3.05) is 7.05 Å². The molecule has 1 aliphatic heterocycles. The van der Waals surface area contributed by atoms with Gasteiger partial charge in [0, 0.05) is 13.1 Å². The van der Waals surface area contributed by atoms with Crippen LogP contribution in [0.2, 0.25) is 0 Å². The third kappa shape index (κ3) is 4.05. The van der Waals surface area contributed by atoms with E-state index in [1.807, 2.05) is 29.6 Å². The van der Waals surface area contributed by atoms with E-state index < -0.39 is 0 Å². The summed E-state index contributed by atoms with van der Waals surface area (Å²) in [7, 11) is 1.75. The highest BCUT2D eigenvalue weighted by Gasteiger charge is 2.31. The summed E-state index contributed by atoms with van der Waals surface area (Å²) in [5, 5.41) is 5.27. The molecule has 0 radical (unpaired) electrons. The molecule has 6 nitrogen and oxygen atoms in total. The number of carbonyl (C=O) groups excluding carboxylic acids is 1. The zero-order chi connectivity index (χ0) is 18.1. The largest absolute Gasteiger partial charge is 0.337 e. The van der Waals surface area contributed by atoms with Gasteiger partial charge in [-0.15, -0.1) is 23.7 Å². The van der Waals surface area contributed by atoms with Crippen molar-refractivity contribution in [1.82, 2.24) is 20.2 Å². The number of aromatic amines is 1. The Morgan fingerprint density at radius 3 is 2.81 bits per heavy atom. The predicted octanol–water partition coefficient (Wildman–Crippen LogP) is 2.86. The van der Waals surface area contributed by atoms with Crippen LogP contribution in [0, 0.1) is 0 Å². The number of fused-ring (bicyclic) bond motifs is 1. The molecule has 0 spiro atoms. The Hall–Kier alpha value is -2.22. The van der Waals surface area contributed by atoms with Crippen LogP contribution in [-0.4, -0.2) is 33.9 Å². The summed E-state index contributed by atoms with van der Waals surface area (Å²) < 4.78 is 0.617. The molecular weight excluding hydrogens is 384 g/mol. The molecule has 1 amide bonds. The number of rotatable bonds is 4. The number of hydrogen-bond acceptors (Lipinski definition) is 5. The minimum atomic E-state index is -0.207. The normalized spacial score (nSPS) is 19.0. The first-order chi connectivity index (χ1) is 12.6. The van der Waals surface area contributed by atoms with Crippen molar-refractivity contribution < 1.29 is 4.79 Å². The van der Waals surface area contributed by atoms with Crippen LogP contribution >= 0.6 is 23.7 Å². The van der Waals surface area contributed by atoms with Gasteiger partial charge in [-0.1, -0.05) is 30.3 Å². The highest BCUT2D eigenvalue weighted by molar-refractivity contribution is 7.17. The Bertz CT molecular complexity index is 988. The number of aromatic nitrogens is 2. The van der Waals surface area contributed by atoms with Gasteiger partial charge in [0.1, 0.15) is 10.5 Å². The van der Waals surface area contributed by atoms with Crippen molar-refractivity contribution in [3.63, 3.8) is 0 Å². The smallest absolute Gasteiger partial charge is 0.268 e. The number of likely N-dealkylation sites (N-methyl/N-ethyl adjacent to an activating group) is 1. The Kier molecular flexibility index (Phi) is 5.94. The van der Waals surface area contributed by atoms with Gasteiger partial charge in [-0.25, -0.2) is 4.98 Å². The molecule has 1 fully saturated rings. The lowest BCUT2D eigenvalue weighted by atomic mass is 10.1. The van der Waals surface area contributed by atoms with Gasteiger partial charge >= 0.3 is 0 Å². The molecule has 4 rings (SSSR count). The van der Waals surface area contributed by atoms with E-state index in [-0.39, 0.29) is 42.5 Å². The maximum Gasteiger partial charge on any atom is 0.268 e. The van der Waals surface area contributed by atoms with E-state index >= 15 is 0 Å². The molecule has 0 bridgehead atoms. The summed E-state index contributed by atoms with van der Waals surface area (Å²) in [5.41, 5.74) is 1.74. The predicted molar refractivity (Wildman–Crippen MR) is 109 cm³/mol. The lowest BCUT2D eigenvalue weighted by molar-refractivity contribution is -0.132. The van der Waals surface area contributed by atoms with Crippen LogP contribution in [-0.2, 0) is 11.3 Å². The van der Waals surface area contributed by atoms with Crippen LogP contribution in [0.3, 0.4) is 0 Å². The second-order valence-corrected chi connectivity index (χ2v) is 7.52. The van der Waals surface area contributed by atoms with Gasteiger partial charge in [-0.2, -0.15) is 0 Å². The van der Waals surface area contributed by atoms with E-state index in [2.05, 4.69) is 27.4 Å². The second kappa shape index (κ2) is 8.21. The third-order valence-corrected chi connectivity index (χ3v) is 5.68. The van der Waals surface area contributed by atoms with Crippen molar-refractivity contribution in [3.8, 4) is 0 Å². The van der Waals surface area contributed by atoms with Crippen LogP contribution < -0.4 is 10.9 Å². The molecule has 2 atom stereocenters. The molecular formula is C19H21ClN4O2S. The first-order valence-electron chi connectivity index (χ1n) is 8.64. The minimum absolute atomic E-state index is 0. The average Bonchev–Trinajstić information content (AvgIpc) is 3.31. The molecule has 2 aromatic heterocycles. The fraction of sp³-hybridized carbons (Fsp3) is 0.316. The van der Waals surface area contributed by atoms with Crippen molar-refractivity contribution >= 4 is 39.9 Å². The first-order valence-corrected chi connectivity index (χ1v) is 9.52. The maximum absolute atomic E-state index is 12.8. The number of benzene rings is 1. The van der Waals surface area contributed by atoms with Crippen LogP contribution in [0.15, 0.2) is 46.6 Å². The van der Waals surface area contributed by atoms with Gasteiger partial charge in [-0.3, -0.25) is 14.9 Å². The summed E-state index contributed by atoms with van der Waals surface area (Å²) in [6.45, 7) is 0.286. The number of hydrogen-bond donors (Lipinski definition) is 2. The number of thiophene rings is 1. The van der Waals surface area contributed by atoms with Crippen LogP contribution in [0.25, 0.3) is 10.2 Å². The molecule has 2 N–H and O–H groups in total. The topological polar surface area (TPSA) is 78.1 Å². The molecule has 0 saturated carbocycles. The van der Waals surface area contributed by atoms with Crippen LogP contribution in [0.4, 0.5) is 0 Å². The van der Waals surface area contributed by atoms with Crippen molar-refractivity contribution in [2.24, 2.45) is 0 Å². The second-order valence-electron chi connectivity index (χ2n) is 6.60. The molecule has 3 heterocycles. The number of nitrogens with zero attached hydrogens (tertiary/aromatic N) is 2. The van der Waals surface area contributed by atoms with Gasteiger partial charge < -0.3 is 9.88 Å². The Labute approximate surface area is 167 Å². The van der Waals surface area contributed by atoms with Crippen molar-refractivity contribution in [3.05, 3.63) is 63.5 Å². The molecule has 142 valence electrons. The summed E-state index contributed by atoms with van der Waals surface area (Å²) >= 11 is 1.37. The zero-order valence-corrected chi connectivity index (χ0v) is 16.5. The summed E-state index contributed by atoms with van der Waals surface area (Å²) in [6, 6.07) is 12.0. The molecule has 1 aliphatic rings. The summed E-state index contributed by atoms with van der Waals surface area (Å²) in [5.74, 6) is 0.533. The van der Waals surface area contributed by atoms with Gasteiger partial charge in [0.2, 0.25) is 5.91 Å². The SMILES string of the molecule is CN(Cc1nc2ccsc2c(=O)[nH]1)C(=O)[C@H]1CC[C@H](c2ccccc2)N1.Cl. The highest BCUT2D eigenvalue weighted by atomic mass is 35.5. The van der Waals surface area contributed by atoms with Crippen molar-refractivity contribution in [1.29, 1.82) is 0 Å². The Morgan fingerprint density at radius 2 is 2.04 bits per heavy atom. The lowest BCUT2D eigenvalue weighted by Crippen LogP contribution is -2.42.